The summed E-state index contributed by atoms with van der Waals surface area (Å²) >= 11 is 30.1. The number of hydrogen-bond donors (Lipinski definition) is 2. The van der Waals surface area contributed by atoms with Gasteiger partial charge in [-0.2, -0.15) is 0 Å². The van der Waals surface area contributed by atoms with Gasteiger partial charge in [0.1, 0.15) is 10.7 Å². The first kappa shape index (κ1) is 24.4. The lowest BCUT2D eigenvalue weighted by molar-refractivity contribution is -0.120. The maximum absolute atomic E-state index is 13.0. The fraction of sp³-hybridized carbons (Fsp3) is 0. The summed E-state index contributed by atoms with van der Waals surface area (Å²) in [6, 6.07) is 15.3. The first-order valence-corrected chi connectivity index (χ1v) is 11.4. The molecule has 4 rings (SSSR count). The summed E-state index contributed by atoms with van der Waals surface area (Å²) in [5.41, 5.74) is 1.09. The van der Waals surface area contributed by atoms with Gasteiger partial charge >= 0.3 is 0 Å². The van der Waals surface area contributed by atoms with Crippen LogP contribution in [0, 0.1) is 0 Å². The van der Waals surface area contributed by atoms with Crippen molar-refractivity contribution in [3.05, 3.63) is 97.0 Å². The largest absolute Gasteiger partial charge is 0.350 e. The summed E-state index contributed by atoms with van der Waals surface area (Å²) in [6.45, 7) is 0. The molecule has 3 amide bonds. The molecule has 0 aromatic heterocycles. The molecule has 0 unspecified atom stereocenters. The summed E-state index contributed by atoms with van der Waals surface area (Å²) in [7, 11) is 0. The van der Waals surface area contributed by atoms with Crippen LogP contribution >= 0.6 is 58.0 Å². The number of rotatable bonds is 5. The Morgan fingerprint density at radius 1 is 0.765 bits per heavy atom. The van der Waals surface area contributed by atoms with Crippen molar-refractivity contribution < 1.29 is 14.4 Å². The molecule has 11 heteroatoms. The minimum absolute atomic E-state index is 0.143. The first-order chi connectivity index (χ1) is 16.2. The number of carbonyl (C=O) groups is 3. The molecule has 2 N–H and O–H groups in total. The van der Waals surface area contributed by atoms with Gasteiger partial charge in [-0.25, -0.2) is 4.90 Å². The molecule has 0 atom stereocenters. The summed E-state index contributed by atoms with van der Waals surface area (Å²) < 4.78 is 0. The fourth-order valence-electron chi connectivity index (χ4n) is 3.14. The quantitative estimate of drug-likeness (QED) is 0.333. The van der Waals surface area contributed by atoms with Crippen LogP contribution in [0.3, 0.4) is 0 Å². The third-order valence-electron chi connectivity index (χ3n) is 4.76. The Labute approximate surface area is 219 Å². The summed E-state index contributed by atoms with van der Waals surface area (Å²) in [5, 5.41) is 6.38. The van der Waals surface area contributed by atoms with Crippen molar-refractivity contribution >= 4 is 92.8 Å². The number of anilines is 3. The van der Waals surface area contributed by atoms with Gasteiger partial charge in [0.15, 0.2) is 0 Å². The zero-order valence-corrected chi connectivity index (χ0v) is 20.6. The van der Waals surface area contributed by atoms with Crippen LogP contribution in [0.4, 0.5) is 17.1 Å². The number of carbonyl (C=O) groups excluding carboxylic acids is 3. The molecule has 0 spiro atoms. The predicted octanol–water partition coefficient (Wildman–Crippen LogP) is 6.99. The van der Waals surface area contributed by atoms with E-state index in [9.17, 15) is 14.4 Å². The maximum atomic E-state index is 13.0. The lowest BCUT2D eigenvalue weighted by Gasteiger charge is -2.16. The minimum Gasteiger partial charge on any atom is -0.350 e. The minimum atomic E-state index is -0.723. The zero-order chi connectivity index (χ0) is 24.6. The number of imide groups is 1. The molecule has 3 aromatic carbocycles. The van der Waals surface area contributed by atoms with Crippen molar-refractivity contribution in [2.45, 2.75) is 0 Å². The molecular formula is C23H12Cl5N3O3. The van der Waals surface area contributed by atoms with Crippen LogP contribution in [-0.2, 0) is 9.59 Å². The van der Waals surface area contributed by atoms with Gasteiger partial charge in [-0.1, -0.05) is 64.1 Å². The van der Waals surface area contributed by atoms with E-state index in [4.69, 9.17) is 58.0 Å². The van der Waals surface area contributed by atoms with Crippen molar-refractivity contribution in [3.63, 3.8) is 0 Å². The van der Waals surface area contributed by atoms with Gasteiger partial charge < -0.3 is 10.6 Å². The number of halogens is 5. The van der Waals surface area contributed by atoms with Crippen molar-refractivity contribution in [2.75, 3.05) is 15.5 Å². The molecule has 1 heterocycles. The fourth-order valence-corrected chi connectivity index (χ4v) is 4.10. The third-order valence-corrected chi connectivity index (χ3v) is 6.40. The van der Waals surface area contributed by atoms with Gasteiger partial charge in [0, 0.05) is 16.3 Å². The van der Waals surface area contributed by atoms with E-state index in [-0.39, 0.29) is 37.0 Å². The highest BCUT2D eigenvalue weighted by atomic mass is 35.5. The molecule has 6 nitrogen and oxygen atoms in total. The highest BCUT2D eigenvalue weighted by Gasteiger charge is 2.39. The van der Waals surface area contributed by atoms with E-state index < -0.39 is 17.7 Å². The number of amides is 3. The second-order valence-electron chi connectivity index (χ2n) is 7.02. The average molecular weight is 556 g/mol. The van der Waals surface area contributed by atoms with Gasteiger partial charge in [-0.15, -0.1) is 0 Å². The third kappa shape index (κ3) is 4.87. The van der Waals surface area contributed by atoms with Crippen LogP contribution in [0.5, 0.6) is 0 Å². The Bertz CT molecular complexity index is 1390. The second-order valence-corrected chi connectivity index (χ2v) is 9.05. The standard InChI is InChI=1S/C23H12Cl5N3O3/c24-12-4-7-18(17(27)9-12)30-21(32)11-2-1-3-13(8-11)29-20-19(28)22(33)31(23(20)34)14-5-6-15(25)16(26)10-14/h1-10,29H,(H,30,32). The SMILES string of the molecule is O=C(Nc1ccc(Cl)cc1Cl)c1cccc(NC2=C(Cl)C(=O)N(c3ccc(Cl)c(Cl)c3)C2=O)c1. The topological polar surface area (TPSA) is 78.5 Å². The van der Waals surface area contributed by atoms with E-state index in [1.54, 1.807) is 30.3 Å². The van der Waals surface area contributed by atoms with Gasteiger partial charge in [0.05, 0.1) is 26.4 Å². The van der Waals surface area contributed by atoms with Crippen molar-refractivity contribution in [1.82, 2.24) is 0 Å². The molecular weight excluding hydrogens is 544 g/mol. The lowest BCUT2D eigenvalue weighted by Crippen LogP contribution is -2.32. The summed E-state index contributed by atoms with van der Waals surface area (Å²) in [6.07, 6.45) is 0. The molecule has 34 heavy (non-hydrogen) atoms. The molecule has 1 aliphatic heterocycles. The van der Waals surface area contributed by atoms with Crippen molar-refractivity contribution in [1.29, 1.82) is 0 Å². The number of hydrogen-bond acceptors (Lipinski definition) is 4. The summed E-state index contributed by atoms with van der Waals surface area (Å²) in [4.78, 5) is 39.2. The Morgan fingerprint density at radius 3 is 2.24 bits per heavy atom. The first-order valence-electron chi connectivity index (χ1n) is 9.53. The molecule has 0 saturated heterocycles. The van der Waals surface area contributed by atoms with Crippen LogP contribution in [0.1, 0.15) is 10.4 Å². The Balaban J connectivity index is 1.55. The molecule has 0 radical (unpaired) electrons. The number of benzene rings is 3. The zero-order valence-electron chi connectivity index (χ0n) is 16.8. The lowest BCUT2D eigenvalue weighted by atomic mass is 10.1. The van der Waals surface area contributed by atoms with Crippen LogP contribution in [0.15, 0.2) is 71.4 Å². The normalized spacial score (nSPS) is 13.5. The van der Waals surface area contributed by atoms with Crippen LogP contribution in [0.2, 0.25) is 20.1 Å². The van der Waals surface area contributed by atoms with Crippen molar-refractivity contribution in [3.8, 4) is 0 Å². The van der Waals surface area contributed by atoms with Gasteiger partial charge in [-0.3, -0.25) is 14.4 Å². The van der Waals surface area contributed by atoms with E-state index in [0.29, 0.717) is 16.4 Å². The average Bonchev–Trinajstić information content (AvgIpc) is 3.01. The van der Waals surface area contributed by atoms with E-state index in [1.165, 1.54) is 30.3 Å². The number of nitrogens with zero attached hydrogens (tertiary/aromatic N) is 1. The van der Waals surface area contributed by atoms with Gasteiger partial charge in [0.25, 0.3) is 17.7 Å². The van der Waals surface area contributed by atoms with Crippen LogP contribution in [0.25, 0.3) is 0 Å². The van der Waals surface area contributed by atoms with Crippen molar-refractivity contribution in [2.24, 2.45) is 0 Å². The number of nitrogens with one attached hydrogen (secondary N) is 2. The maximum Gasteiger partial charge on any atom is 0.283 e. The Kier molecular flexibility index (Phi) is 7.07. The molecule has 0 fully saturated rings. The molecule has 1 aliphatic rings. The van der Waals surface area contributed by atoms with E-state index >= 15 is 0 Å². The van der Waals surface area contributed by atoms with E-state index in [1.807, 2.05) is 0 Å². The molecule has 172 valence electrons. The molecule has 0 saturated carbocycles. The molecule has 3 aromatic rings. The highest BCUT2D eigenvalue weighted by Crippen LogP contribution is 2.34. The molecule has 0 bridgehead atoms. The second kappa shape index (κ2) is 9.86. The Hall–Kier alpha value is -2.74. The Morgan fingerprint density at radius 2 is 1.53 bits per heavy atom. The highest BCUT2D eigenvalue weighted by molar-refractivity contribution is 6.53. The molecule has 0 aliphatic carbocycles. The summed E-state index contributed by atoms with van der Waals surface area (Å²) in [5.74, 6) is -1.85. The monoisotopic (exact) mass is 553 g/mol. The van der Waals surface area contributed by atoms with E-state index in [2.05, 4.69) is 10.6 Å². The van der Waals surface area contributed by atoms with E-state index in [0.717, 1.165) is 4.90 Å². The smallest absolute Gasteiger partial charge is 0.283 e. The van der Waals surface area contributed by atoms with Crippen LogP contribution < -0.4 is 15.5 Å². The van der Waals surface area contributed by atoms with Crippen LogP contribution in [-0.4, -0.2) is 17.7 Å². The predicted molar refractivity (Wildman–Crippen MR) is 136 cm³/mol. The van der Waals surface area contributed by atoms with Gasteiger partial charge in [-0.05, 0) is 54.6 Å². The van der Waals surface area contributed by atoms with Gasteiger partial charge in [0.2, 0.25) is 0 Å².